The first-order valence-electron chi connectivity index (χ1n) is 6.47. The number of hydrogen-bond acceptors (Lipinski definition) is 1. The SMILES string of the molecule is NCC(Cc1ccc(Cl)c(Cl)c1)Cc1ccccc1Br. The molecule has 0 aliphatic rings. The molecule has 0 spiro atoms. The van der Waals surface area contributed by atoms with E-state index in [9.17, 15) is 0 Å². The quantitative estimate of drug-likeness (QED) is 0.774. The zero-order valence-corrected chi connectivity index (χ0v) is 14.0. The highest BCUT2D eigenvalue weighted by Crippen LogP contribution is 2.25. The second-order valence-electron chi connectivity index (χ2n) is 4.85. The van der Waals surface area contributed by atoms with E-state index in [0.717, 1.165) is 17.3 Å². The van der Waals surface area contributed by atoms with E-state index in [1.54, 1.807) is 0 Å². The number of rotatable bonds is 5. The van der Waals surface area contributed by atoms with Gasteiger partial charge in [0.05, 0.1) is 10.0 Å². The van der Waals surface area contributed by atoms with Gasteiger partial charge in [0.2, 0.25) is 0 Å². The number of halogens is 3. The molecule has 2 rings (SSSR count). The minimum atomic E-state index is 0.381. The first-order chi connectivity index (χ1) is 9.60. The Morgan fingerprint density at radius 1 is 1.00 bits per heavy atom. The summed E-state index contributed by atoms with van der Waals surface area (Å²) in [6.45, 7) is 0.640. The molecule has 0 fully saturated rings. The summed E-state index contributed by atoms with van der Waals surface area (Å²) in [5.74, 6) is 0.381. The van der Waals surface area contributed by atoms with Gasteiger partial charge in [0.15, 0.2) is 0 Å². The Labute approximate surface area is 138 Å². The van der Waals surface area contributed by atoms with Crippen molar-refractivity contribution in [2.45, 2.75) is 12.8 Å². The third-order valence-corrected chi connectivity index (χ3v) is 4.82. The van der Waals surface area contributed by atoms with Crippen LogP contribution in [0.15, 0.2) is 46.9 Å². The molecule has 2 aromatic rings. The normalized spacial score (nSPS) is 12.4. The van der Waals surface area contributed by atoms with Gasteiger partial charge < -0.3 is 5.73 Å². The summed E-state index contributed by atoms with van der Waals surface area (Å²) >= 11 is 15.6. The molecule has 106 valence electrons. The third-order valence-electron chi connectivity index (χ3n) is 3.31. The van der Waals surface area contributed by atoms with Crippen LogP contribution < -0.4 is 5.73 Å². The van der Waals surface area contributed by atoms with E-state index < -0.39 is 0 Å². The largest absolute Gasteiger partial charge is 0.330 e. The van der Waals surface area contributed by atoms with Crippen molar-refractivity contribution in [1.82, 2.24) is 0 Å². The van der Waals surface area contributed by atoms with Gasteiger partial charge in [-0.05, 0) is 54.6 Å². The molecule has 4 heteroatoms. The van der Waals surface area contributed by atoms with Gasteiger partial charge in [-0.15, -0.1) is 0 Å². The molecule has 0 bridgehead atoms. The molecule has 20 heavy (non-hydrogen) atoms. The van der Waals surface area contributed by atoms with Gasteiger partial charge in [0.1, 0.15) is 0 Å². The molecule has 0 aliphatic heterocycles. The fourth-order valence-corrected chi connectivity index (χ4v) is 2.98. The Morgan fingerprint density at radius 2 is 1.75 bits per heavy atom. The fraction of sp³-hybridized carbons (Fsp3) is 0.250. The average Bonchev–Trinajstić information content (AvgIpc) is 2.44. The molecule has 0 aliphatic carbocycles. The molecule has 0 saturated heterocycles. The van der Waals surface area contributed by atoms with E-state index in [1.165, 1.54) is 11.1 Å². The van der Waals surface area contributed by atoms with Gasteiger partial charge in [-0.25, -0.2) is 0 Å². The average molecular weight is 373 g/mol. The maximum atomic E-state index is 6.06. The van der Waals surface area contributed by atoms with Gasteiger partial charge in [-0.1, -0.05) is 63.4 Å². The van der Waals surface area contributed by atoms with Gasteiger partial charge in [-0.3, -0.25) is 0 Å². The Balaban J connectivity index is 2.09. The molecule has 2 aromatic carbocycles. The second-order valence-corrected chi connectivity index (χ2v) is 6.52. The Bertz CT molecular complexity index is 586. The molecule has 0 amide bonds. The summed E-state index contributed by atoms with van der Waals surface area (Å²) < 4.78 is 1.13. The smallest absolute Gasteiger partial charge is 0.0595 e. The van der Waals surface area contributed by atoms with Crippen LogP contribution in [0.25, 0.3) is 0 Å². The Morgan fingerprint density at radius 3 is 2.40 bits per heavy atom. The van der Waals surface area contributed by atoms with Crippen molar-refractivity contribution >= 4 is 39.1 Å². The highest BCUT2D eigenvalue weighted by Gasteiger charge is 2.11. The second kappa shape index (κ2) is 7.46. The van der Waals surface area contributed by atoms with Crippen LogP contribution in [0.3, 0.4) is 0 Å². The van der Waals surface area contributed by atoms with E-state index in [0.29, 0.717) is 22.5 Å². The van der Waals surface area contributed by atoms with Gasteiger partial charge in [-0.2, -0.15) is 0 Å². The highest BCUT2D eigenvalue weighted by molar-refractivity contribution is 9.10. The first kappa shape index (κ1) is 15.8. The summed E-state index contributed by atoms with van der Waals surface area (Å²) in [7, 11) is 0. The standard InChI is InChI=1S/C16H16BrCl2N/c17-14-4-2-1-3-13(14)8-12(10-20)7-11-5-6-15(18)16(19)9-11/h1-6,9,12H,7-8,10,20H2. The molecular formula is C16H16BrCl2N. The lowest BCUT2D eigenvalue weighted by atomic mass is 9.93. The van der Waals surface area contributed by atoms with Gasteiger partial charge in [0.25, 0.3) is 0 Å². The summed E-state index contributed by atoms with van der Waals surface area (Å²) in [5, 5.41) is 1.19. The van der Waals surface area contributed by atoms with E-state index in [2.05, 4.69) is 28.1 Å². The zero-order valence-electron chi connectivity index (χ0n) is 11.0. The van der Waals surface area contributed by atoms with Crippen LogP contribution >= 0.6 is 39.1 Å². The lowest BCUT2D eigenvalue weighted by Crippen LogP contribution is -2.19. The number of benzene rings is 2. The maximum Gasteiger partial charge on any atom is 0.0595 e. The minimum Gasteiger partial charge on any atom is -0.330 e. The molecule has 0 saturated carbocycles. The van der Waals surface area contributed by atoms with Gasteiger partial charge in [0, 0.05) is 4.47 Å². The van der Waals surface area contributed by atoms with Crippen LogP contribution in [-0.4, -0.2) is 6.54 Å². The van der Waals surface area contributed by atoms with Crippen LogP contribution in [0.2, 0.25) is 10.0 Å². The predicted molar refractivity (Wildman–Crippen MR) is 90.6 cm³/mol. The molecule has 1 nitrogen and oxygen atoms in total. The topological polar surface area (TPSA) is 26.0 Å². The maximum absolute atomic E-state index is 6.06. The molecular weight excluding hydrogens is 357 g/mol. The zero-order chi connectivity index (χ0) is 14.5. The van der Waals surface area contributed by atoms with Crippen LogP contribution in [-0.2, 0) is 12.8 Å². The predicted octanol–water partition coefficient (Wildman–Crippen LogP) is 5.12. The first-order valence-corrected chi connectivity index (χ1v) is 8.02. The van der Waals surface area contributed by atoms with Crippen LogP contribution in [0, 0.1) is 5.92 Å². The lowest BCUT2D eigenvalue weighted by molar-refractivity contribution is 0.532. The minimum absolute atomic E-state index is 0.381. The van der Waals surface area contributed by atoms with E-state index in [1.807, 2.05) is 30.3 Å². The Kier molecular flexibility index (Phi) is 5.91. The Hall–Kier alpha value is -0.540. The monoisotopic (exact) mass is 371 g/mol. The summed E-state index contributed by atoms with van der Waals surface area (Å²) in [5.41, 5.74) is 8.36. The van der Waals surface area contributed by atoms with E-state index in [-0.39, 0.29) is 0 Å². The van der Waals surface area contributed by atoms with Crippen LogP contribution in [0.1, 0.15) is 11.1 Å². The summed E-state index contributed by atoms with van der Waals surface area (Å²) in [6.07, 6.45) is 1.84. The molecule has 1 atom stereocenters. The molecule has 0 radical (unpaired) electrons. The van der Waals surface area contributed by atoms with Crippen molar-refractivity contribution in [1.29, 1.82) is 0 Å². The van der Waals surface area contributed by atoms with Crippen molar-refractivity contribution in [3.8, 4) is 0 Å². The number of nitrogens with two attached hydrogens (primary N) is 1. The van der Waals surface area contributed by atoms with E-state index in [4.69, 9.17) is 28.9 Å². The van der Waals surface area contributed by atoms with Crippen molar-refractivity contribution in [2.24, 2.45) is 11.7 Å². The van der Waals surface area contributed by atoms with Crippen molar-refractivity contribution in [3.05, 3.63) is 68.1 Å². The van der Waals surface area contributed by atoms with Crippen LogP contribution in [0.5, 0.6) is 0 Å². The van der Waals surface area contributed by atoms with Crippen molar-refractivity contribution in [2.75, 3.05) is 6.54 Å². The molecule has 2 N–H and O–H groups in total. The number of hydrogen-bond donors (Lipinski definition) is 1. The van der Waals surface area contributed by atoms with Crippen molar-refractivity contribution in [3.63, 3.8) is 0 Å². The van der Waals surface area contributed by atoms with E-state index >= 15 is 0 Å². The molecule has 0 heterocycles. The molecule has 1 unspecified atom stereocenters. The highest BCUT2D eigenvalue weighted by atomic mass is 79.9. The third kappa shape index (κ3) is 4.23. The summed E-state index contributed by atoms with van der Waals surface area (Å²) in [6, 6.07) is 14.0. The van der Waals surface area contributed by atoms with Crippen LogP contribution in [0.4, 0.5) is 0 Å². The fourth-order valence-electron chi connectivity index (χ4n) is 2.21. The molecule has 0 aromatic heterocycles. The van der Waals surface area contributed by atoms with Crippen molar-refractivity contribution < 1.29 is 0 Å². The van der Waals surface area contributed by atoms with Gasteiger partial charge >= 0.3 is 0 Å². The lowest BCUT2D eigenvalue weighted by Gasteiger charge is -2.16. The summed E-state index contributed by atoms with van der Waals surface area (Å²) in [4.78, 5) is 0.